The van der Waals surface area contributed by atoms with Crippen molar-refractivity contribution in [1.82, 2.24) is 5.32 Å². The molecule has 0 aliphatic rings. The average molecular weight is 300 g/mol. The Labute approximate surface area is 128 Å². The number of rotatable bonds is 3. The smallest absolute Gasteiger partial charge is 0.313 e. The fraction of sp³-hybridized carbons (Fsp3) is 0.176. The Morgan fingerprint density at radius 2 is 1.73 bits per heavy atom. The minimum absolute atomic E-state index is 0.265. The van der Waals surface area contributed by atoms with Crippen molar-refractivity contribution in [1.29, 1.82) is 0 Å². The molecule has 4 nitrogen and oxygen atoms in total. The van der Waals surface area contributed by atoms with Crippen molar-refractivity contribution in [3.05, 3.63) is 65.0 Å². The van der Waals surface area contributed by atoms with Gasteiger partial charge in [0.15, 0.2) is 0 Å². The third-order valence-electron chi connectivity index (χ3n) is 3.35. The molecule has 2 aromatic rings. The third kappa shape index (κ3) is 3.91. The SMILES string of the molecule is Cc1ccccc1CNC(=O)C(=O)Nc1cc(F)ccc1C. The summed E-state index contributed by atoms with van der Waals surface area (Å²) in [5.41, 5.74) is 2.94. The summed E-state index contributed by atoms with van der Waals surface area (Å²) in [4.78, 5) is 23.6. The highest BCUT2D eigenvalue weighted by Gasteiger charge is 2.15. The molecule has 0 unspecified atom stereocenters. The second-order valence-corrected chi connectivity index (χ2v) is 5.02. The maximum atomic E-state index is 13.2. The largest absolute Gasteiger partial charge is 0.344 e. The summed E-state index contributed by atoms with van der Waals surface area (Å²) in [5, 5.41) is 4.96. The lowest BCUT2D eigenvalue weighted by atomic mass is 10.1. The molecule has 0 atom stereocenters. The number of carbonyl (C=O) groups is 2. The number of amides is 2. The summed E-state index contributed by atoms with van der Waals surface area (Å²) >= 11 is 0. The highest BCUT2D eigenvalue weighted by Crippen LogP contribution is 2.15. The molecule has 0 aromatic heterocycles. The second-order valence-electron chi connectivity index (χ2n) is 5.02. The van der Waals surface area contributed by atoms with E-state index >= 15 is 0 Å². The van der Waals surface area contributed by atoms with Crippen molar-refractivity contribution in [3.8, 4) is 0 Å². The molecule has 22 heavy (non-hydrogen) atoms. The number of hydrogen-bond acceptors (Lipinski definition) is 2. The van der Waals surface area contributed by atoms with Crippen LogP contribution in [0, 0.1) is 19.7 Å². The molecule has 5 heteroatoms. The Balaban J connectivity index is 1.97. The van der Waals surface area contributed by atoms with Gasteiger partial charge in [0.05, 0.1) is 0 Å². The summed E-state index contributed by atoms with van der Waals surface area (Å²) in [6.07, 6.45) is 0. The van der Waals surface area contributed by atoms with Crippen LogP contribution in [-0.2, 0) is 16.1 Å². The van der Waals surface area contributed by atoms with E-state index < -0.39 is 17.6 Å². The van der Waals surface area contributed by atoms with E-state index in [-0.39, 0.29) is 12.2 Å². The quantitative estimate of drug-likeness (QED) is 0.856. The van der Waals surface area contributed by atoms with Gasteiger partial charge in [0.1, 0.15) is 5.82 Å². The first-order valence-electron chi connectivity index (χ1n) is 6.87. The van der Waals surface area contributed by atoms with Crippen molar-refractivity contribution in [2.45, 2.75) is 20.4 Å². The van der Waals surface area contributed by atoms with Gasteiger partial charge in [-0.15, -0.1) is 0 Å². The average Bonchev–Trinajstić information content (AvgIpc) is 2.49. The van der Waals surface area contributed by atoms with E-state index in [1.807, 2.05) is 31.2 Å². The number of nitrogens with one attached hydrogen (secondary N) is 2. The van der Waals surface area contributed by atoms with Gasteiger partial charge in [-0.05, 0) is 42.7 Å². The first kappa shape index (κ1) is 15.7. The number of benzene rings is 2. The summed E-state index contributed by atoms with van der Waals surface area (Å²) < 4.78 is 13.2. The molecular weight excluding hydrogens is 283 g/mol. The van der Waals surface area contributed by atoms with Crippen LogP contribution in [0.3, 0.4) is 0 Å². The monoisotopic (exact) mass is 300 g/mol. The molecule has 0 bridgehead atoms. The molecular formula is C17H17FN2O2. The number of anilines is 1. The highest BCUT2D eigenvalue weighted by molar-refractivity contribution is 6.39. The van der Waals surface area contributed by atoms with Crippen LogP contribution in [0.2, 0.25) is 0 Å². The van der Waals surface area contributed by atoms with E-state index in [1.165, 1.54) is 18.2 Å². The summed E-state index contributed by atoms with van der Waals surface area (Å²) in [6.45, 7) is 3.92. The van der Waals surface area contributed by atoms with E-state index in [2.05, 4.69) is 10.6 Å². The molecule has 2 N–H and O–H groups in total. The molecule has 0 radical (unpaired) electrons. The normalized spacial score (nSPS) is 10.1. The van der Waals surface area contributed by atoms with Crippen LogP contribution in [0.25, 0.3) is 0 Å². The van der Waals surface area contributed by atoms with Gasteiger partial charge in [-0.1, -0.05) is 30.3 Å². The predicted molar refractivity (Wildman–Crippen MR) is 82.8 cm³/mol. The second kappa shape index (κ2) is 6.85. The number of hydrogen-bond donors (Lipinski definition) is 2. The van der Waals surface area contributed by atoms with E-state index in [0.29, 0.717) is 5.56 Å². The number of carbonyl (C=O) groups excluding carboxylic acids is 2. The molecule has 0 saturated carbocycles. The Bertz CT molecular complexity index is 714. The van der Waals surface area contributed by atoms with Crippen molar-refractivity contribution >= 4 is 17.5 Å². The van der Waals surface area contributed by atoms with Crippen molar-refractivity contribution in [3.63, 3.8) is 0 Å². The minimum atomic E-state index is -0.817. The Hall–Kier alpha value is -2.69. The first-order valence-corrected chi connectivity index (χ1v) is 6.87. The van der Waals surface area contributed by atoms with Crippen molar-refractivity contribution in [2.24, 2.45) is 0 Å². The molecule has 0 saturated heterocycles. The van der Waals surface area contributed by atoms with E-state index in [9.17, 15) is 14.0 Å². The standard InChI is InChI=1S/C17H17FN2O2/c1-11-5-3-4-6-13(11)10-19-16(21)17(22)20-15-9-14(18)8-7-12(15)2/h3-9H,10H2,1-2H3,(H,19,21)(H,20,22). The van der Waals surface area contributed by atoms with E-state index in [1.54, 1.807) is 6.92 Å². The Morgan fingerprint density at radius 3 is 2.45 bits per heavy atom. The van der Waals surface area contributed by atoms with Crippen LogP contribution in [0.5, 0.6) is 0 Å². The summed E-state index contributed by atoms with van der Waals surface area (Å²) in [7, 11) is 0. The van der Waals surface area contributed by atoms with Crippen LogP contribution in [0.4, 0.5) is 10.1 Å². The van der Waals surface area contributed by atoms with Gasteiger partial charge in [0.25, 0.3) is 0 Å². The first-order chi connectivity index (χ1) is 10.5. The van der Waals surface area contributed by atoms with Gasteiger partial charge in [0, 0.05) is 12.2 Å². The van der Waals surface area contributed by atoms with E-state index in [4.69, 9.17) is 0 Å². The van der Waals surface area contributed by atoms with Crippen molar-refractivity contribution in [2.75, 3.05) is 5.32 Å². The Kier molecular flexibility index (Phi) is 4.88. The maximum absolute atomic E-state index is 13.2. The van der Waals surface area contributed by atoms with Gasteiger partial charge in [0.2, 0.25) is 0 Å². The molecule has 2 amide bonds. The van der Waals surface area contributed by atoms with Gasteiger partial charge < -0.3 is 10.6 Å². The van der Waals surface area contributed by atoms with Crippen LogP contribution in [0.15, 0.2) is 42.5 Å². The zero-order valence-electron chi connectivity index (χ0n) is 12.4. The zero-order chi connectivity index (χ0) is 16.1. The maximum Gasteiger partial charge on any atom is 0.313 e. The molecule has 0 aliphatic heterocycles. The van der Waals surface area contributed by atoms with Crippen LogP contribution >= 0.6 is 0 Å². The fourth-order valence-electron chi connectivity index (χ4n) is 1.97. The fourth-order valence-corrected chi connectivity index (χ4v) is 1.97. The van der Waals surface area contributed by atoms with Gasteiger partial charge >= 0.3 is 11.8 Å². The number of halogens is 1. The number of aryl methyl sites for hydroxylation is 2. The zero-order valence-corrected chi connectivity index (χ0v) is 12.4. The topological polar surface area (TPSA) is 58.2 Å². The lowest BCUT2D eigenvalue weighted by Gasteiger charge is -2.10. The summed E-state index contributed by atoms with van der Waals surface area (Å²) in [6, 6.07) is 11.6. The van der Waals surface area contributed by atoms with Crippen molar-refractivity contribution < 1.29 is 14.0 Å². The molecule has 2 aromatic carbocycles. The molecule has 2 rings (SSSR count). The predicted octanol–water partition coefficient (Wildman–Crippen LogP) is 2.70. The third-order valence-corrected chi connectivity index (χ3v) is 3.35. The molecule has 114 valence electrons. The van der Waals surface area contributed by atoms with E-state index in [0.717, 1.165) is 11.1 Å². The highest BCUT2D eigenvalue weighted by atomic mass is 19.1. The Morgan fingerprint density at radius 1 is 1.00 bits per heavy atom. The van der Waals surface area contributed by atoms with Crippen LogP contribution in [0.1, 0.15) is 16.7 Å². The van der Waals surface area contributed by atoms with Gasteiger partial charge in [-0.3, -0.25) is 9.59 Å². The van der Waals surface area contributed by atoms with Gasteiger partial charge in [-0.2, -0.15) is 0 Å². The van der Waals surface area contributed by atoms with Crippen LogP contribution in [-0.4, -0.2) is 11.8 Å². The summed E-state index contributed by atoms with van der Waals surface area (Å²) in [5.74, 6) is -2.05. The van der Waals surface area contributed by atoms with Gasteiger partial charge in [-0.25, -0.2) is 4.39 Å². The molecule has 0 spiro atoms. The molecule has 0 aliphatic carbocycles. The van der Waals surface area contributed by atoms with Crippen LogP contribution < -0.4 is 10.6 Å². The minimum Gasteiger partial charge on any atom is -0.344 e. The lowest BCUT2D eigenvalue weighted by Crippen LogP contribution is -2.35. The molecule has 0 fully saturated rings. The lowest BCUT2D eigenvalue weighted by molar-refractivity contribution is -0.136. The molecule has 0 heterocycles.